The Labute approximate surface area is 255 Å². The number of halogens is 1. The molecule has 0 aliphatic carbocycles. The number of imidazole rings is 1. The first kappa shape index (κ1) is 29.2. The van der Waals surface area contributed by atoms with E-state index in [2.05, 4.69) is 37.2 Å². The van der Waals surface area contributed by atoms with Gasteiger partial charge in [0.05, 0.1) is 22.8 Å². The number of aliphatic hydroxyl groups excluding tert-OH is 1. The molecule has 11 heteroatoms. The van der Waals surface area contributed by atoms with Crippen LogP contribution in [0.15, 0.2) is 53.5 Å². The summed E-state index contributed by atoms with van der Waals surface area (Å²) in [6.45, 7) is 9.35. The molecular weight excluding hydrogens is 566 g/mol. The fourth-order valence-electron chi connectivity index (χ4n) is 6.36. The fourth-order valence-corrected chi connectivity index (χ4v) is 6.56. The maximum Gasteiger partial charge on any atom is 0.261 e. The number of pyridine rings is 1. The second-order valence-corrected chi connectivity index (χ2v) is 12.0. The lowest BCUT2D eigenvalue weighted by Gasteiger charge is -2.43. The van der Waals surface area contributed by atoms with Gasteiger partial charge in [-0.05, 0) is 61.2 Å². The van der Waals surface area contributed by atoms with Gasteiger partial charge in [-0.3, -0.25) is 14.5 Å². The van der Waals surface area contributed by atoms with Crippen molar-refractivity contribution in [3.8, 4) is 11.4 Å². The van der Waals surface area contributed by atoms with Crippen molar-refractivity contribution in [3.05, 3.63) is 75.2 Å². The van der Waals surface area contributed by atoms with Gasteiger partial charge in [0.25, 0.3) is 5.56 Å². The first-order valence-corrected chi connectivity index (χ1v) is 15.3. The highest BCUT2D eigenvalue weighted by atomic mass is 35.5. The van der Waals surface area contributed by atoms with E-state index in [1.54, 1.807) is 37.4 Å². The number of carbonyl (C=O) groups is 1. The van der Waals surface area contributed by atoms with E-state index in [0.717, 1.165) is 74.4 Å². The molecular formula is C32H38ClN7O3. The largest absolute Gasteiger partial charge is 0.387 e. The predicted octanol–water partition coefficient (Wildman–Crippen LogP) is 4.16. The summed E-state index contributed by atoms with van der Waals surface area (Å²) in [4.78, 5) is 42.6. The van der Waals surface area contributed by atoms with Gasteiger partial charge in [-0.1, -0.05) is 23.7 Å². The highest BCUT2D eigenvalue weighted by Crippen LogP contribution is 2.31. The highest BCUT2D eigenvalue weighted by Gasteiger charge is 2.28. The number of nitrogens with one attached hydrogen (secondary N) is 3. The van der Waals surface area contributed by atoms with Gasteiger partial charge >= 0.3 is 0 Å². The molecule has 0 bridgehead atoms. The smallest absolute Gasteiger partial charge is 0.261 e. The van der Waals surface area contributed by atoms with E-state index in [1.807, 2.05) is 17.9 Å². The van der Waals surface area contributed by atoms with Crippen molar-refractivity contribution in [3.63, 3.8) is 0 Å². The van der Waals surface area contributed by atoms with Crippen LogP contribution in [0.3, 0.4) is 0 Å². The molecule has 2 saturated heterocycles. The molecule has 226 valence electrons. The van der Waals surface area contributed by atoms with Gasteiger partial charge < -0.3 is 30.2 Å². The number of fused-ring (bicyclic) bond motifs is 1. The first-order chi connectivity index (χ1) is 20.8. The monoisotopic (exact) mass is 603 g/mol. The van der Waals surface area contributed by atoms with Crippen molar-refractivity contribution in [2.45, 2.75) is 38.8 Å². The molecule has 6 rings (SSSR count). The molecule has 43 heavy (non-hydrogen) atoms. The van der Waals surface area contributed by atoms with Crippen LogP contribution in [0.2, 0.25) is 5.02 Å². The van der Waals surface area contributed by atoms with E-state index >= 15 is 0 Å². The van der Waals surface area contributed by atoms with Crippen LogP contribution in [-0.4, -0.2) is 87.6 Å². The molecule has 2 aliphatic heterocycles. The van der Waals surface area contributed by atoms with Crippen LogP contribution in [0.5, 0.6) is 0 Å². The second-order valence-electron chi connectivity index (χ2n) is 11.6. The van der Waals surface area contributed by atoms with Gasteiger partial charge in [0.15, 0.2) is 0 Å². The van der Waals surface area contributed by atoms with Gasteiger partial charge in [0.1, 0.15) is 11.4 Å². The van der Waals surface area contributed by atoms with Crippen molar-refractivity contribution in [1.82, 2.24) is 24.8 Å². The lowest BCUT2D eigenvalue weighted by Crippen LogP contribution is -2.54. The summed E-state index contributed by atoms with van der Waals surface area (Å²) in [6, 6.07) is 13.7. The van der Waals surface area contributed by atoms with Crippen molar-refractivity contribution < 1.29 is 9.90 Å². The average Bonchev–Trinajstić information content (AvgIpc) is 3.44. The SMILES string of the molecule is CC(=O)N1CCN(C2CCN(c3cc(C)c4nc(-c5c(NC[C@@H](O)c6cccc(Cl)c6)cc[nH]c5=O)[nH]c4c3)CC2)CC1. The number of aryl methyl sites for hydroxylation is 1. The molecule has 0 radical (unpaired) electrons. The molecule has 2 aromatic carbocycles. The minimum atomic E-state index is -0.805. The van der Waals surface area contributed by atoms with Gasteiger partial charge in [-0.2, -0.15) is 0 Å². The minimum Gasteiger partial charge on any atom is -0.387 e. The van der Waals surface area contributed by atoms with E-state index < -0.39 is 6.10 Å². The number of rotatable bonds is 7. The summed E-state index contributed by atoms with van der Waals surface area (Å²) >= 11 is 6.09. The maximum absolute atomic E-state index is 13.0. The van der Waals surface area contributed by atoms with E-state index in [-0.39, 0.29) is 18.0 Å². The lowest BCUT2D eigenvalue weighted by atomic mass is 10.0. The van der Waals surface area contributed by atoms with E-state index in [4.69, 9.17) is 16.6 Å². The van der Waals surface area contributed by atoms with Crippen LogP contribution in [0.1, 0.15) is 37.0 Å². The van der Waals surface area contributed by atoms with E-state index in [9.17, 15) is 14.7 Å². The first-order valence-electron chi connectivity index (χ1n) is 14.9. The Morgan fingerprint density at radius 1 is 1.12 bits per heavy atom. The minimum absolute atomic E-state index is 0.166. The zero-order chi connectivity index (χ0) is 30.1. The number of amides is 1. The number of nitrogens with zero attached hydrogens (tertiary/aromatic N) is 4. The quantitative estimate of drug-likeness (QED) is 0.250. The number of benzene rings is 2. The number of hydrogen-bond acceptors (Lipinski definition) is 7. The lowest BCUT2D eigenvalue weighted by molar-refractivity contribution is -0.130. The third kappa shape index (κ3) is 6.27. The summed E-state index contributed by atoms with van der Waals surface area (Å²) in [6.07, 6.45) is 2.95. The Morgan fingerprint density at radius 2 is 1.88 bits per heavy atom. The Balaban J connectivity index is 1.17. The maximum atomic E-state index is 13.0. The summed E-state index contributed by atoms with van der Waals surface area (Å²) in [5.41, 5.74) is 5.27. The van der Waals surface area contributed by atoms with Crippen molar-refractivity contribution in [2.24, 2.45) is 0 Å². The Bertz CT molecular complexity index is 1670. The molecule has 2 aliphatic rings. The summed E-state index contributed by atoms with van der Waals surface area (Å²) in [7, 11) is 0. The van der Waals surface area contributed by atoms with Gasteiger partial charge in [-0.25, -0.2) is 4.98 Å². The number of aromatic nitrogens is 3. The summed E-state index contributed by atoms with van der Waals surface area (Å²) in [5.74, 6) is 0.638. The van der Waals surface area contributed by atoms with Crippen molar-refractivity contribution >= 4 is 39.9 Å². The number of piperazine rings is 1. The number of aromatic amines is 2. The summed E-state index contributed by atoms with van der Waals surface area (Å²) < 4.78 is 0. The Morgan fingerprint density at radius 3 is 2.60 bits per heavy atom. The number of piperidine rings is 1. The highest BCUT2D eigenvalue weighted by molar-refractivity contribution is 6.30. The topological polar surface area (TPSA) is 121 Å². The molecule has 1 amide bonds. The zero-order valence-corrected chi connectivity index (χ0v) is 25.3. The zero-order valence-electron chi connectivity index (χ0n) is 24.6. The number of anilines is 2. The van der Waals surface area contributed by atoms with Gasteiger partial charge in [0.2, 0.25) is 5.91 Å². The molecule has 4 heterocycles. The molecule has 10 nitrogen and oxygen atoms in total. The normalized spacial score (nSPS) is 17.4. The number of hydrogen-bond donors (Lipinski definition) is 4. The van der Waals surface area contributed by atoms with Crippen LogP contribution in [-0.2, 0) is 4.79 Å². The van der Waals surface area contributed by atoms with Crippen LogP contribution in [0.4, 0.5) is 11.4 Å². The molecule has 1 atom stereocenters. The van der Waals surface area contributed by atoms with E-state index in [0.29, 0.717) is 33.7 Å². The number of H-pyrrole nitrogens is 2. The van der Waals surface area contributed by atoms with Crippen LogP contribution in [0.25, 0.3) is 22.4 Å². The third-order valence-electron chi connectivity index (χ3n) is 8.78. The molecule has 0 unspecified atom stereocenters. The van der Waals surface area contributed by atoms with Gasteiger partial charge in [0, 0.05) is 75.7 Å². The van der Waals surface area contributed by atoms with Crippen molar-refractivity contribution in [2.75, 3.05) is 56.0 Å². The van der Waals surface area contributed by atoms with Crippen LogP contribution < -0.4 is 15.8 Å². The molecule has 0 saturated carbocycles. The fraction of sp³-hybridized carbons (Fsp3) is 0.406. The molecule has 0 spiro atoms. The number of aliphatic hydroxyl groups is 1. The van der Waals surface area contributed by atoms with Crippen LogP contribution in [0, 0.1) is 6.92 Å². The third-order valence-corrected chi connectivity index (χ3v) is 9.02. The van der Waals surface area contributed by atoms with E-state index in [1.165, 1.54) is 0 Å². The van der Waals surface area contributed by atoms with Gasteiger partial charge in [-0.15, -0.1) is 0 Å². The standard InChI is InChI=1S/C32H38ClN7O3/c1-20-16-25(39-10-7-24(8-11-39)40-14-12-38(13-15-40)21(2)41)18-27-30(20)37-31(36-27)29-26(6-9-34-32(29)43)35-19-28(42)22-4-3-5-23(33)17-22/h3-6,9,16-18,24,28,42H,7-8,10-15,19H2,1-2H3,(H,36,37)(H2,34,35,43)/t28-/m1/s1. The number of carbonyl (C=O) groups excluding carboxylic acids is 1. The molecule has 4 N–H and O–H groups in total. The Hall–Kier alpha value is -3.86. The predicted molar refractivity (Wildman–Crippen MR) is 171 cm³/mol. The van der Waals surface area contributed by atoms with Crippen molar-refractivity contribution in [1.29, 1.82) is 0 Å². The molecule has 2 aromatic heterocycles. The summed E-state index contributed by atoms with van der Waals surface area (Å²) in [5, 5.41) is 14.5. The second kappa shape index (κ2) is 12.4. The molecule has 2 fully saturated rings. The Kier molecular flexibility index (Phi) is 8.43. The molecule has 4 aromatic rings. The average molecular weight is 604 g/mol. The van der Waals surface area contributed by atoms with Crippen LogP contribution >= 0.6 is 11.6 Å².